The fourth-order valence-electron chi connectivity index (χ4n) is 1.90. The van der Waals surface area contributed by atoms with Crippen molar-refractivity contribution in [1.29, 1.82) is 0 Å². The van der Waals surface area contributed by atoms with Gasteiger partial charge in [0, 0.05) is 32.7 Å². The molecule has 0 unspecified atom stereocenters. The van der Waals surface area contributed by atoms with Gasteiger partial charge in [-0.3, -0.25) is 9.69 Å². The first-order valence-corrected chi connectivity index (χ1v) is 6.57. The van der Waals surface area contributed by atoms with Gasteiger partial charge in [0.2, 0.25) is 0 Å². The van der Waals surface area contributed by atoms with Crippen LogP contribution >= 0.6 is 0 Å². The SMILES string of the molecule is COCCN(CCC(=O)c1ccccc1F)C(C)C. The third-order valence-electron chi connectivity index (χ3n) is 3.11. The van der Waals surface area contributed by atoms with Crippen LogP contribution in [0.3, 0.4) is 0 Å². The number of benzene rings is 1. The summed E-state index contributed by atoms with van der Waals surface area (Å²) in [6.07, 6.45) is 0.322. The van der Waals surface area contributed by atoms with E-state index in [0.717, 1.165) is 6.54 Å². The van der Waals surface area contributed by atoms with Gasteiger partial charge in [-0.2, -0.15) is 0 Å². The Balaban J connectivity index is 2.54. The number of nitrogens with zero attached hydrogens (tertiary/aromatic N) is 1. The number of methoxy groups -OCH3 is 1. The summed E-state index contributed by atoms with van der Waals surface area (Å²) in [6, 6.07) is 6.46. The van der Waals surface area contributed by atoms with Gasteiger partial charge in [-0.1, -0.05) is 12.1 Å². The lowest BCUT2D eigenvalue weighted by Crippen LogP contribution is -2.35. The van der Waals surface area contributed by atoms with Gasteiger partial charge >= 0.3 is 0 Å². The van der Waals surface area contributed by atoms with Gasteiger partial charge < -0.3 is 4.74 Å². The van der Waals surface area contributed by atoms with Crippen molar-refractivity contribution in [3.8, 4) is 0 Å². The van der Waals surface area contributed by atoms with E-state index in [1.165, 1.54) is 12.1 Å². The highest BCUT2D eigenvalue weighted by atomic mass is 19.1. The summed E-state index contributed by atoms with van der Waals surface area (Å²) in [6.45, 7) is 6.17. The minimum atomic E-state index is -0.444. The molecule has 0 atom stereocenters. The molecule has 0 aliphatic carbocycles. The zero-order chi connectivity index (χ0) is 14.3. The van der Waals surface area contributed by atoms with Crippen molar-refractivity contribution in [2.24, 2.45) is 0 Å². The van der Waals surface area contributed by atoms with E-state index >= 15 is 0 Å². The van der Waals surface area contributed by atoms with Crippen LogP contribution in [0.4, 0.5) is 4.39 Å². The van der Waals surface area contributed by atoms with Crippen molar-refractivity contribution >= 4 is 5.78 Å². The van der Waals surface area contributed by atoms with E-state index in [1.54, 1.807) is 19.2 Å². The Labute approximate surface area is 114 Å². The zero-order valence-electron chi connectivity index (χ0n) is 11.9. The molecule has 0 amide bonds. The number of hydrogen-bond acceptors (Lipinski definition) is 3. The maximum Gasteiger partial charge on any atom is 0.167 e. The van der Waals surface area contributed by atoms with Crippen LogP contribution in [0.2, 0.25) is 0 Å². The number of ether oxygens (including phenoxy) is 1. The number of halogens is 1. The molecule has 0 aliphatic rings. The summed E-state index contributed by atoms with van der Waals surface area (Å²) in [5.41, 5.74) is 0.179. The molecule has 106 valence electrons. The monoisotopic (exact) mass is 267 g/mol. The van der Waals surface area contributed by atoms with Crippen molar-refractivity contribution in [3.63, 3.8) is 0 Å². The first kappa shape index (κ1) is 15.8. The van der Waals surface area contributed by atoms with E-state index < -0.39 is 5.82 Å². The molecule has 0 radical (unpaired) electrons. The summed E-state index contributed by atoms with van der Waals surface area (Å²) in [4.78, 5) is 14.1. The van der Waals surface area contributed by atoms with Gasteiger partial charge in [-0.05, 0) is 26.0 Å². The minimum absolute atomic E-state index is 0.152. The molecular formula is C15H22FNO2. The van der Waals surface area contributed by atoms with E-state index in [0.29, 0.717) is 25.6 Å². The van der Waals surface area contributed by atoms with Crippen LogP contribution < -0.4 is 0 Å². The lowest BCUT2D eigenvalue weighted by molar-refractivity contribution is 0.0924. The van der Waals surface area contributed by atoms with Crippen molar-refractivity contribution in [1.82, 2.24) is 4.90 Å². The molecule has 0 aliphatic heterocycles. The Bertz CT molecular complexity index is 407. The van der Waals surface area contributed by atoms with Crippen LogP contribution in [-0.2, 0) is 4.74 Å². The van der Waals surface area contributed by atoms with Crippen molar-refractivity contribution < 1.29 is 13.9 Å². The average molecular weight is 267 g/mol. The zero-order valence-corrected chi connectivity index (χ0v) is 11.9. The Kier molecular flexibility index (Phi) is 6.67. The molecule has 0 fully saturated rings. The summed E-state index contributed by atoms with van der Waals surface area (Å²) in [5.74, 6) is -0.596. The van der Waals surface area contributed by atoms with Crippen molar-refractivity contribution in [2.75, 3.05) is 26.8 Å². The summed E-state index contributed by atoms with van der Waals surface area (Å²) < 4.78 is 18.5. The molecule has 1 aromatic carbocycles. The van der Waals surface area contributed by atoms with E-state index in [4.69, 9.17) is 4.74 Å². The van der Waals surface area contributed by atoms with Crippen LogP contribution in [0, 0.1) is 5.82 Å². The number of hydrogen-bond donors (Lipinski definition) is 0. The molecular weight excluding hydrogens is 245 g/mol. The number of ketones is 1. The predicted octanol–water partition coefficient (Wildman–Crippen LogP) is 2.76. The molecule has 0 N–H and O–H groups in total. The smallest absolute Gasteiger partial charge is 0.167 e. The van der Waals surface area contributed by atoms with Gasteiger partial charge in [0.05, 0.1) is 12.2 Å². The molecule has 0 spiro atoms. The van der Waals surface area contributed by atoms with Crippen LogP contribution in [-0.4, -0.2) is 43.5 Å². The van der Waals surface area contributed by atoms with Gasteiger partial charge in [0.15, 0.2) is 5.78 Å². The molecule has 3 nitrogen and oxygen atoms in total. The second kappa shape index (κ2) is 8.02. The maximum absolute atomic E-state index is 13.5. The summed E-state index contributed by atoms with van der Waals surface area (Å²) in [5, 5.41) is 0. The molecule has 0 saturated carbocycles. The van der Waals surface area contributed by atoms with Gasteiger partial charge in [0.25, 0.3) is 0 Å². The average Bonchev–Trinajstić information content (AvgIpc) is 2.38. The van der Waals surface area contributed by atoms with Crippen LogP contribution in [0.1, 0.15) is 30.6 Å². The highest BCUT2D eigenvalue weighted by Crippen LogP contribution is 2.10. The van der Waals surface area contributed by atoms with E-state index in [-0.39, 0.29) is 11.3 Å². The quantitative estimate of drug-likeness (QED) is 0.678. The van der Waals surface area contributed by atoms with Gasteiger partial charge in [-0.15, -0.1) is 0 Å². The first-order valence-electron chi connectivity index (χ1n) is 6.57. The Hall–Kier alpha value is -1.26. The molecule has 4 heteroatoms. The molecule has 1 aromatic rings. The molecule has 0 bridgehead atoms. The fourth-order valence-corrected chi connectivity index (χ4v) is 1.90. The summed E-state index contributed by atoms with van der Waals surface area (Å²) >= 11 is 0. The molecule has 0 heterocycles. The molecule has 1 rings (SSSR count). The molecule has 0 aromatic heterocycles. The van der Waals surface area contributed by atoms with E-state index in [9.17, 15) is 9.18 Å². The first-order chi connectivity index (χ1) is 9.06. The third kappa shape index (κ3) is 5.09. The number of Topliss-reactive ketones (excluding diaryl/α,β-unsaturated/α-hetero) is 1. The Morgan fingerprint density at radius 1 is 1.32 bits per heavy atom. The number of carbonyl (C=O) groups is 1. The Morgan fingerprint density at radius 2 is 2.00 bits per heavy atom. The standard InChI is InChI=1S/C15H22FNO2/c1-12(2)17(10-11-19-3)9-8-15(18)13-6-4-5-7-14(13)16/h4-7,12H,8-11H2,1-3H3. The lowest BCUT2D eigenvalue weighted by atomic mass is 10.1. The molecule has 0 saturated heterocycles. The highest BCUT2D eigenvalue weighted by Gasteiger charge is 2.14. The van der Waals surface area contributed by atoms with Gasteiger partial charge in [-0.25, -0.2) is 4.39 Å². The van der Waals surface area contributed by atoms with Gasteiger partial charge in [0.1, 0.15) is 5.82 Å². The Morgan fingerprint density at radius 3 is 2.58 bits per heavy atom. The summed E-state index contributed by atoms with van der Waals surface area (Å²) in [7, 11) is 1.66. The second-order valence-electron chi connectivity index (χ2n) is 4.78. The van der Waals surface area contributed by atoms with Crippen LogP contribution in [0.5, 0.6) is 0 Å². The van der Waals surface area contributed by atoms with E-state index in [2.05, 4.69) is 18.7 Å². The third-order valence-corrected chi connectivity index (χ3v) is 3.11. The highest BCUT2D eigenvalue weighted by molar-refractivity contribution is 5.96. The molecule has 19 heavy (non-hydrogen) atoms. The lowest BCUT2D eigenvalue weighted by Gasteiger charge is -2.25. The minimum Gasteiger partial charge on any atom is -0.383 e. The van der Waals surface area contributed by atoms with E-state index in [1.807, 2.05) is 0 Å². The number of rotatable bonds is 8. The van der Waals surface area contributed by atoms with Crippen LogP contribution in [0.15, 0.2) is 24.3 Å². The fraction of sp³-hybridized carbons (Fsp3) is 0.533. The van der Waals surface area contributed by atoms with Crippen molar-refractivity contribution in [2.45, 2.75) is 26.3 Å². The topological polar surface area (TPSA) is 29.5 Å². The second-order valence-corrected chi connectivity index (χ2v) is 4.78. The maximum atomic E-state index is 13.5. The largest absolute Gasteiger partial charge is 0.383 e. The van der Waals surface area contributed by atoms with Crippen LogP contribution in [0.25, 0.3) is 0 Å². The predicted molar refractivity (Wildman–Crippen MR) is 73.9 cm³/mol. The number of carbonyl (C=O) groups excluding carboxylic acids is 1. The normalized spacial score (nSPS) is 11.3. The van der Waals surface area contributed by atoms with Crippen molar-refractivity contribution in [3.05, 3.63) is 35.6 Å².